The molecule has 2 aromatic rings. The maximum Gasteiger partial charge on any atom is 0.274 e. The van der Waals surface area contributed by atoms with Crippen LogP contribution in [0, 0.1) is 6.92 Å². The largest absolute Gasteiger partial charge is 0.382 e. The number of aromatic nitrogens is 4. The first-order chi connectivity index (χ1) is 9.00. The first-order valence-corrected chi connectivity index (χ1v) is 5.86. The number of hydrogen-bond acceptors (Lipinski definition) is 5. The van der Waals surface area contributed by atoms with Crippen molar-refractivity contribution in [2.45, 2.75) is 19.9 Å². The highest BCUT2D eigenvalue weighted by atomic mass is 16.2. The van der Waals surface area contributed by atoms with Gasteiger partial charge in [0, 0.05) is 30.7 Å². The molecule has 1 atom stereocenters. The second-order valence-corrected chi connectivity index (χ2v) is 4.29. The van der Waals surface area contributed by atoms with Gasteiger partial charge in [-0.1, -0.05) is 0 Å². The molecule has 0 fully saturated rings. The average molecular weight is 260 g/mol. The highest BCUT2D eigenvalue weighted by molar-refractivity contribution is 5.96. The smallest absolute Gasteiger partial charge is 0.274 e. The molecule has 3 N–H and O–H groups in total. The van der Waals surface area contributed by atoms with Crippen LogP contribution in [0.4, 0.5) is 5.82 Å². The summed E-state index contributed by atoms with van der Waals surface area (Å²) < 4.78 is 1.76. The Morgan fingerprint density at radius 2 is 2.11 bits per heavy atom. The van der Waals surface area contributed by atoms with Crippen LogP contribution in [0.15, 0.2) is 18.6 Å². The third-order valence-electron chi connectivity index (χ3n) is 3.03. The van der Waals surface area contributed by atoms with Crippen molar-refractivity contribution in [3.8, 4) is 0 Å². The minimum Gasteiger partial charge on any atom is -0.382 e. The molecule has 100 valence electrons. The van der Waals surface area contributed by atoms with Crippen LogP contribution < -0.4 is 11.1 Å². The summed E-state index contributed by atoms with van der Waals surface area (Å²) in [5.74, 6) is -0.225. The molecule has 1 amide bonds. The normalized spacial score (nSPS) is 12.2. The molecule has 0 aliphatic rings. The third kappa shape index (κ3) is 2.54. The Balaban J connectivity index is 2.16. The highest BCUT2D eigenvalue weighted by Gasteiger charge is 2.18. The molecule has 2 rings (SSSR count). The minimum atomic E-state index is -0.346. The van der Waals surface area contributed by atoms with Crippen molar-refractivity contribution in [1.82, 2.24) is 25.1 Å². The number of amides is 1. The lowest BCUT2D eigenvalue weighted by Gasteiger charge is -2.13. The van der Waals surface area contributed by atoms with E-state index >= 15 is 0 Å². The van der Waals surface area contributed by atoms with E-state index in [9.17, 15) is 4.79 Å². The van der Waals surface area contributed by atoms with E-state index in [4.69, 9.17) is 5.73 Å². The third-order valence-corrected chi connectivity index (χ3v) is 3.03. The van der Waals surface area contributed by atoms with Crippen molar-refractivity contribution in [2.75, 3.05) is 5.73 Å². The van der Waals surface area contributed by atoms with Gasteiger partial charge in [-0.3, -0.25) is 9.48 Å². The Morgan fingerprint density at radius 3 is 2.68 bits per heavy atom. The quantitative estimate of drug-likeness (QED) is 0.841. The fourth-order valence-electron chi connectivity index (χ4n) is 1.81. The van der Waals surface area contributed by atoms with E-state index in [2.05, 4.69) is 20.4 Å². The number of anilines is 1. The molecule has 19 heavy (non-hydrogen) atoms. The van der Waals surface area contributed by atoms with Crippen LogP contribution in [0.2, 0.25) is 0 Å². The van der Waals surface area contributed by atoms with Crippen LogP contribution in [0.5, 0.6) is 0 Å². The van der Waals surface area contributed by atoms with Crippen LogP contribution in [0.3, 0.4) is 0 Å². The number of nitrogen functional groups attached to an aromatic ring is 1. The lowest BCUT2D eigenvalue weighted by Crippen LogP contribution is -2.28. The Morgan fingerprint density at radius 1 is 1.42 bits per heavy atom. The summed E-state index contributed by atoms with van der Waals surface area (Å²) >= 11 is 0. The maximum absolute atomic E-state index is 12.0. The number of carbonyl (C=O) groups excluding carboxylic acids is 1. The van der Waals surface area contributed by atoms with Crippen molar-refractivity contribution in [2.24, 2.45) is 7.05 Å². The summed E-state index contributed by atoms with van der Waals surface area (Å²) in [5, 5.41) is 6.98. The van der Waals surface area contributed by atoms with Gasteiger partial charge in [-0.2, -0.15) is 5.10 Å². The Hall–Kier alpha value is -2.44. The van der Waals surface area contributed by atoms with Gasteiger partial charge in [0.1, 0.15) is 0 Å². The van der Waals surface area contributed by atoms with E-state index in [0.717, 1.165) is 11.3 Å². The summed E-state index contributed by atoms with van der Waals surface area (Å²) in [4.78, 5) is 19.8. The van der Waals surface area contributed by atoms with Gasteiger partial charge < -0.3 is 11.1 Å². The molecule has 0 aromatic carbocycles. The summed E-state index contributed by atoms with van der Waals surface area (Å²) in [7, 11) is 1.86. The molecule has 0 aliphatic heterocycles. The van der Waals surface area contributed by atoms with Gasteiger partial charge in [0.05, 0.1) is 12.2 Å². The van der Waals surface area contributed by atoms with Crippen LogP contribution in [-0.2, 0) is 7.05 Å². The lowest BCUT2D eigenvalue weighted by atomic mass is 10.1. The zero-order valence-electron chi connectivity index (χ0n) is 11.1. The van der Waals surface area contributed by atoms with Crippen LogP contribution in [0.1, 0.15) is 34.7 Å². The van der Waals surface area contributed by atoms with E-state index < -0.39 is 0 Å². The predicted octanol–water partition coefficient (Wildman–Crippen LogP) is 0.592. The first kappa shape index (κ1) is 13.0. The highest BCUT2D eigenvalue weighted by Crippen LogP contribution is 2.16. The molecule has 0 saturated carbocycles. The van der Waals surface area contributed by atoms with Crippen molar-refractivity contribution in [3.63, 3.8) is 0 Å². The number of carbonyl (C=O) groups is 1. The Labute approximate surface area is 110 Å². The topological polar surface area (TPSA) is 98.7 Å². The van der Waals surface area contributed by atoms with Crippen molar-refractivity contribution in [3.05, 3.63) is 35.5 Å². The van der Waals surface area contributed by atoms with Crippen molar-refractivity contribution < 1.29 is 4.79 Å². The van der Waals surface area contributed by atoms with E-state index in [-0.39, 0.29) is 23.5 Å². The number of nitrogens with one attached hydrogen (secondary N) is 1. The van der Waals surface area contributed by atoms with Gasteiger partial charge in [0.2, 0.25) is 0 Å². The van der Waals surface area contributed by atoms with Gasteiger partial charge >= 0.3 is 0 Å². The van der Waals surface area contributed by atoms with E-state index in [1.165, 1.54) is 12.4 Å². The second-order valence-electron chi connectivity index (χ2n) is 4.29. The van der Waals surface area contributed by atoms with Crippen LogP contribution in [0.25, 0.3) is 0 Å². The first-order valence-electron chi connectivity index (χ1n) is 5.86. The molecule has 2 aromatic heterocycles. The fourth-order valence-corrected chi connectivity index (χ4v) is 1.81. The molecule has 7 nitrogen and oxygen atoms in total. The van der Waals surface area contributed by atoms with Crippen LogP contribution in [-0.4, -0.2) is 25.7 Å². The second kappa shape index (κ2) is 5.05. The summed E-state index contributed by atoms with van der Waals surface area (Å²) in [5.41, 5.74) is 7.71. The zero-order valence-corrected chi connectivity index (χ0v) is 11.1. The lowest BCUT2D eigenvalue weighted by molar-refractivity contribution is 0.0935. The van der Waals surface area contributed by atoms with Gasteiger partial charge in [-0.25, -0.2) is 9.97 Å². The molecule has 0 bridgehead atoms. The summed E-state index contributed by atoms with van der Waals surface area (Å²) in [6, 6.07) is -0.178. The van der Waals surface area contributed by atoms with Gasteiger partial charge in [0.25, 0.3) is 5.91 Å². The average Bonchev–Trinajstić information content (AvgIpc) is 2.70. The number of nitrogens with zero attached hydrogens (tertiary/aromatic N) is 4. The van der Waals surface area contributed by atoms with E-state index in [0.29, 0.717) is 0 Å². The summed E-state index contributed by atoms with van der Waals surface area (Å²) in [6.45, 7) is 3.83. The molecule has 0 saturated heterocycles. The summed E-state index contributed by atoms with van der Waals surface area (Å²) in [6.07, 6.45) is 4.62. The molecule has 0 spiro atoms. The Kier molecular flexibility index (Phi) is 3.46. The molecular weight excluding hydrogens is 244 g/mol. The zero-order chi connectivity index (χ0) is 14.0. The predicted molar refractivity (Wildman–Crippen MR) is 70.3 cm³/mol. The monoisotopic (exact) mass is 260 g/mol. The van der Waals surface area contributed by atoms with Gasteiger partial charge in [0.15, 0.2) is 11.5 Å². The van der Waals surface area contributed by atoms with Gasteiger partial charge in [-0.15, -0.1) is 0 Å². The molecule has 0 radical (unpaired) electrons. The van der Waals surface area contributed by atoms with E-state index in [1.54, 1.807) is 10.9 Å². The van der Waals surface area contributed by atoms with Crippen molar-refractivity contribution >= 4 is 11.7 Å². The number of aryl methyl sites for hydroxylation is 1. The fraction of sp³-hybridized carbons (Fsp3) is 0.333. The maximum atomic E-state index is 12.0. The number of rotatable bonds is 3. The molecule has 1 unspecified atom stereocenters. The van der Waals surface area contributed by atoms with Crippen molar-refractivity contribution in [1.29, 1.82) is 0 Å². The molecule has 0 aliphatic carbocycles. The Bertz CT molecular complexity index is 606. The standard InChI is InChI=1S/C12H16N6O/c1-7(9-6-16-18(3)8(9)2)17-12(19)10-11(13)15-5-4-14-10/h4-7H,1-3H3,(H2,13,15)(H,17,19). The van der Waals surface area contributed by atoms with Gasteiger partial charge in [-0.05, 0) is 13.8 Å². The number of nitrogens with two attached hydrogens (primary N) is 1. The molecule has 7 heteroatoms. The molecular formula is C12H16N6O. The SMILES string of the molecule is Cc1c(C(C)NC(=O)c2nccnc2N)cnn1C. The molecule has 2 heterocycles. The number of hydrogen-bond donors (Lipinski definition) is 2. The minimum absolute atomic E-state index is 0.120. The van der Waals surface area contributed by atoms with Crippen LogP contribution >= 0.6 is 0 Å². The van der Waals surface area contributed by atoms with E-state index in [1.807, 2.05) is 20.9 Å².